The van der Waals surface area contributed by atoms with Crippen LogP contribution in [0.2, 0.25) is 5.02 Å². The Morgan fingerprint density at radius 1 is 1.33 bits per heavy atom. The van der Waals surface area contributed by atoms with Gasteiger partial charge in [0.2, 0.25) is 0 Å². The van der Waals surface area contributed by atoms with E-state index in [0.717, 1.165) is 11.7 Å². The zero-order chi connectivity index (χ0) is 13.0. The molecule has 1 saturated carbocycles. The van der Waals surface area contributed by atoms with Crippen molar-refractivity contribution >= 4 is 27.5 Å². The third kappa shape index (κ3) is 3.64. The molecule has 0 aromatic heterocycles. The molecule has 1 aromatic rings. The van der Waals surface area contributed by atoms with Crippen LogP contribution in [0.4, 0.5) is 0 Å². The van der Waals surface area contributed by atoms with Gasteiger partial charge in [0.1, 0.15) is 5.75 Å². The molecule has 0 bridgehead atoms. The van der Waals surface area contributed by atoms with Crippen LogP contribution < -0.4 is 4.74 Å². The standard InChI is InChI=1S/C15H20BrClO/c1-18-15-8-7-12(10-14(15)17)13(16)9-11-5-3-2-4-6-11/h7-8,10-11,13H,2-6,9H2,1H3. The minimum Gasteiger partial charge on any atom is -0.495 e. The summed E-state index contributed by atoms with van der Waals surface area (Å²) in [6, 6.07) is 6.07. The van der Waals surface area contributed by atoms with Gasteiger partial charge in [-0.15, -0.1) is 0 Å². The fourth-order valence-electron chi connectivity index (χ4n) is 2.73. The van der Waals surface area contributed by atoms with Crippen LogP contribution in [0, 0.1) is 5.92 Å². The quantitative estimate of drug-likeness (QED) is 0.638. The molecule has 0 radical (unpaired) electrons. The highest BCUT2D eigenvalue weighted by atomic mass is 79.9. The monoisotopic (exact) mass is 330 g/mol. The predicted molar refractivity (Wildman–Crippen MR) is 80.9 cm³/mol. The van der Waals surface area contributed by atoms with E-state index in [9.17, 15) is 0 Å². The summed E-state index contributed by atoms with van der Waals surface area (Å²) < 4.78 is 5.18. The van der Waals surface area contributed by atoms with Gasteiger partial charge < -0.3 is 4.74 Å². The van der Waals surface area contributed by atoms with Gasteiger partial charge in [0, 0.05) is 4.83 Å². The van der Waals surface area contributed by atoms with Crippen molar-refractivity contribution in [3.8, 4) is 5.75 Å². The van der Waals surface area contributed by atoms with Crippen LogP contribution in [0.1, 0.15) is 48.9 Å². The fraction of sp³-hybridized carbons (Fsp3) is 0.600. The first-order valence-corrected chi connectivity index (χ1v) is 7.97. The molecule has 1 aromatic carbocycles. The number of alkyl halides is 1. The van der Waals surface area contributed by atoms with E-state index in [1.807, 2.05) is 12.1 Å². The maximum atomic E-state index is 6.17. The van der Waals surface area contributed by atoms with E-state index in [1.54, 1.807) is 7.11 Å². The number of halogens is 2. The van der Waals surface area contributed by atoms with Crippen molar-refractivity contribution in [2.24, 2.45) is 5.92 Å². The molecule has 0 aliphatic heterocycles. The second-order valence-corrected chi connectivity index (χ2v) is 6.61. The van der Waals surface area contributed by atoms with Gasteiger partial charge in [0.05, 0.1) is 12.1 Å². The van der Waals surface area contributed by atoms with Crippen molar-refractivity contribution < 1.29 is 4.74 Å². The zero-order valence-electron chi connectivity index (χ0n) is 10.8. The first-order valence-electron chi connectivity index (χ1n) is 6.68. The number of hydrogen-bond acceptors (Lipinski definition) is 1. The Balaban J connectivity index is 1.99. The predicted octanol–water partition coefficient (Wildman–Crippen LogP) is 5.76. The summed E-state index contributed by atoms with van der Waals surface area (Å²) >= 11 is 9.97. The number of ether oxygens (including phenoxy) is 1. The Kier molecular flexibility index (Phi) is 5.38. The van der Waals surface area contributed by atoms with Crippen LogP contribution in [0.5, 0.6) is 5.75 Å². The van der Waals surface area contributed by atoms with E-state index >= 15 is 0 Å². The second kappa shape index (κ2) is 6.81. The summed E-state index contributed by atoms with van der Waals surface area (Å²) in [7, 11) is 1.65. The maximum Gasteiger partial charge on any atom is 0.137 e. The molecule has 0 amide bonds. The van der Waals surface area contributed by atoms with Crippen molar-refractivity contribution in [1.82, 2.24) is 0 Å². The van der Waals surface area contributed by atoms with Gasteiger partial charge in [-0.05, 0) is 30.0 Å². The summed E-state index contributed by atoms with van der Waals surface area (Å²) in [6.45, 7) is 0. The van der Waals surface area contributed by atoms with Gasteiger partial charge in [-0.2, -0.15) is 0 Å². The molecule has 1 nitrogen and oxygen atoms in total. The van der Waals surface area contributed by atoms with Gasteiger partial charge in [-0.25, -0.2) is 0 Å². The van der Waals surface area contributed by atoms with E-state index in [2.05, 4.69) is 22.0 Å². The highest BCUT2D eigenvalue weighted by Crippen LogP contribution is 2.38. The summed E-state index contributed by atoms with van der Waals surface area (Å²) in [5.74, 6) is 1.61. The van der Waals surface area contributed by atoms with E-state index < -0.39 is 0 Å². The number of rotatable bonds is 4. The molecule has 1 aliphatic rings. The summed E-state index contributed by atoms with van der Waals surface area (Å²) in [5, 5.41) is 0.697. The Morgan fingerprint density at radius 2 is 2.06 bits per heavy atom. The van der Waals surface area contributed by atoms with Gasteiger partial charge in [0.15, 0.2) is 0 Å². The zero-order valence-corrected chi connectivity index (χ0v) is 13.1. The van der Waals surface area contributed by atoms with Crippen LogP contribution in [0.3, 0.4) is 0 Å². The summed E-state index contributed by atoms with van der Waals surface area (Å²) in [6.07, 6.45) is 8.18. The lowest BCUT2D eigenvalue weighted by Gasteiger charge is -2.24. The molecule has 0 heterocycles. The minimum atomic E-state index is 0.406. The molecule has 1 aliphatic carbocycles. The summed E-state index contributed by atoms with van der Waals surface area (Å²) in [4.78, 5) is 0.406. The average Bonchev–Trinajstić information content (AvgIpc) is 2.39. The molecule has 1 fully saturated rings. The Bertz CT molecular complexity index is 388. The van der Waals surface area contributed by atoms with Gasteiger partial charge in [-0.3, -0.25) is 0 Å². The van der Waals surface area contributed by atoms with Crippen LogP contribution in [0.15, 0.2) is 18.2 Å². The fourth-order valence-corrected chi connectivity index (χ4v) is 3.81. The van der Waals surface area contributed by atoms with Crippen LogP contribution in [-0.2, 0) is 0 Å². The van der Waals surface area contributed by atoms with Crippen molar-refractivity contribution in [1.29, 1.82) is 0 Å². The first kappa shape index (κ1) is 14.2. The highest BCUT2D eigenvalue weighted by molar-refractivity contribution is 9.09. The van der Waals surface area contributed by atoms with Gasteiger partial charge in [-0.1, -0.05) is 65.7 Å². The summed E-state index contributed by atoms with van der Waals surface area (Å²) in [5.41, 5.74) is 1.26. The smallest absolute Gasteiger partial charge is 0.137 e. The minimum absolute atomic E-state index is 0.406. The molecule has 1 atom stereocenters. The Morgan fingerprint density at radius 3 is 2.67 bits per heavy atom. The van der Waals surface area contributed by atoms with Gasteiger partial charge in [0.25, 0.3) is 0 Å². The van der Waals surface area contributed by atoms with Crippen molar-refractivity contribution in [3.05, 3.63) is 28.8 Å². The highest BCUT2D eigenvalue weighted by Gasteiger charge is 2.19. The number of hydrogen-bond donors (Lipinski definition) is 0. The molecular formula is C15H20BrClO. The molecule has 0 saturated heterocycles. The molecule has 1 unspecified atom stereocenters. The van der Waals surface area contributed by atoms with Crippen LogP contribution in [-0.4, -0.2) is 7.11 Å². The SMILES string of the molecule is COc1ccc(C(Br)CC2CCCCC2)cc1Cl. The third-order valence-corrected chi connectivity index (χ3v) is 5.00. The Hall–Kier alpha value is -0.210. The van der Waals surface area contributed by atoms with E-state index in [1.165, 1.54) is 44.1 Å². The lowest BCUT2D eigenvalue weighted by molar-refractivity contribution is 0.338. The molecule has 3 heteroatoms. The van der Waals surface area contributed by atoms with Crippen LogP contribution >= 0.6 is 27.5 Å². The maximum absolute atomic E-state index is 6.17. The Labute approximate surface area is 123 Å². The molecule has 0 N–H and O–H groups in total. The second-order valence-electron chi connectivity index (χ2n) is 5.10. The lowest BCUT2D eigenvalue weighted by atomic mass is 9.85. The normalized spacial score (nSPS) is 18.6. The lowest BCUT2D eigenvalue weighted by Crippen LogP contribution is -2.08. The molecule has 2 rings (SSSR count). The van der Waals surface area contributed by atoms with Crippen molar-refractivity contribution in [2.75, 3.05) is 7.11 Å². The van der Waals surface area contributed by atoms with Crippen molar-refractivity contribution in [2.45, 2.75) is 43.4 Å². The van der Waals surface area contributed by atoms with E-state index in [4.69, 9.17) is 16.3 Å². The topological polar surface area (TPSA) is 9.23 Å². The van der Waals surface area contributed by atoms with Crippen LogP contribution in [0.25, 0.3) is 0 Å². The number of benzene rings is 1. The third-order valence-electron chi connectivity index (χ3n) is 3.80. The molecule has 18 heavy (non-hydrogen) atoms. The van der Waals surface area contributed by atoms with E-state index in [0.29, 0.717) is 9.85 Å². The van der Waals surface area contributed by atoms with E-state index in [-0.39, 0.29) is 0 Å². The number of methoxy groups -OCH3 is 1. The van der Waals surface area contributed by atoms with Crippen molar-refractivity contribution in [3.63, 3.8) is 0 Å². The molecular weight excluding hydrogens is 312 g/mol. The average molecular weight is 332 g/mol. The largest absolute Gasteiger partial charge is 0.495 e. The molecule has 100 valence electrons. The van der Waals surface area contributed by atoms with Gasteiger partial charge >= 0.3 is 0 Å². The first-order chi connectivity index (χ1) is 8.70. The molecule has 0 spiro atoms.